The van der Waals surface area contributed by atoms with Gasteiger partial charge in [0.2, 0.25) is 0 Å². The molecule has 1 N–H and O–H groups in total. The van der Waals surface area contributed by atoms with Crippen LogP contribution in [0.15, 0.2) is 85.2 Å². The summed E-state index contributed by atoms with van der Waals surface area (Å²) in [5, 5.41) is 12.6. The molecule has 0 fully saturated rings. The number of halogens is 2. The maximum atomic E-state index is 11.3. The quantitative estimate of drug-likeness (QED) is 0.438. The van der Waals surface area contributed by atoms with E-state index >= 15 is 0 Å². The maximum Gasteiger partial charge on any atom is 0.108 e. The van der Waals surface area contributed by atoms with E-state index in [0.717, 1.165) is 11.1 Å². The Hall–Kier alpha value is -2.72. The molecule has 0 radical (unpaired) electrons. The molecular weight excluding hydrogens is 391 g/mol. The first-order chi connectivity index (χ1) is 13.6. The molecule has 0 aliphatic rings. The Bertz CT molecular complexity index is 1010. The zero-order chi connectivity index (χ0) is 19.5. The topological polar surface area (TPSA) is 46.0 Å². The van der Waals surface area contributed by atoms with Gasteiger partial charge in [0.15, 0.2) is 0 Å². The van der Waals surface area contributed by atoms with Crippen molar-refractivity contribution < 1.29 is 5.11 Å². The second kappa shape index (κ2) is 8.11. The van der Waals surface area contributed by atoms with E-state index in [0.29, 0.717) is 32.6 Å². The fourth-order valence-corrected chi connectivity index (χ4v) is 3.39. The molecule has 0 aliphatic heterocycles. The van der Waals surface area contributed by atoms with Gasteiger partial charge in [0.25, 0.3) is 0 Å². The molecule has 138 valence electrons. The molecule has 0 amide bonds. The summed E-state index contributed by atoms with van der Waals surface area (Å²) in [5.74, 6) is 0. The van der Waals surface area contributed by atoms with Gasteiger partial charge in [-0.1, -0.05) is 59.6 Å². The van der Waals surface area contributed by atoms with Gasteiger partial charge in [-0.25, -0.2) is 0 Å². The van der Waals surface area contributed by atoms with E-state index < -0.39 is 6.10 Å². The molecule has 2 aromatic heterocycles. The zero-order valence-electron chi connectivity index (χ0n) is 14.8. The predicted octanol–water partition coefficient (Wildman–Crippen LogP) is 6.20. The molecule has 4 rings (SSSR count). The summed E-state index contributed by atoms with van der Waals surface area (Å²) in [6.07, 6.45) is 2.53. The molecule has 28 heavy (non-hydrogen) atoms. The minimum absolute atomic E-state index is 0.652. The Labute approximate surface area is 173 Å². The number of aliphatic hydroxyl groups is 1. The molecule has 0 spiro atoms. The van der Waals surface area contributed by atoms with Gasteiger partial charge < -0.3 is 5.11 Å². The lowest BCUT2D eigenvalue weighted by Crippen LogP contribution is -2.06. The number of pyridine rings is 2. The summed E-state index contributed by atoms with van der Waals surface area (Å²) in [7, 11) is 0. The Morgan fingerprint density at radius 3 is 1.39 bits per heavy atom. The molecule has 0 saturated heterocycles. The lowest BCUT2D eigenvalue weighted by atomic mass is 9.94. The fourth-order valence-electron chi connectivity index (χ4n) is 3.14. The molecule has 5 heteroatoms. The molecule has 3 nitrogen and oxygen atoms in total. The predicted molar refractivity (Wildman–Crippen MR) is 113 cm³/mol. The number of hydrogen-bond donors (Lipinski definition) is 1. The maximum absolute atomic E-state index is 11.3. The van der Waals surface area contributed by atoms with Crippen LogP contribution in [0.4, 0.5) is 0 Å². The first-order valence-corrected chi connectivity index (χ1v) is 9.49. The summed E-state index contributed by atoms with van der Waals surface area (Å²) in [4.78, 5) is 9.00. The normalized spacial score (nSPS) is 11.0. The largest absolute Gasteiger partial charge is 0.383 e. The summed E-state index contributed by atoms with van der Waals surface area (Å²) < 4.78 is 0. The van der Waals surface area contributed by atoms with Gasteiger partial charge in [0.1, 0.15) is 6.10 Å². The van der Waals surface area contributed by atoms with Crippen LogP contribution in [0, 0.1) is 0 Å². The average Bonchev–Trinajstić information content (AvgIpc) is 2.74. The lowest BCUT2D eigenvalue weighted by Gasteiger charge is -2.18. The van der Waals surface area contributed by atoms with Crippen LogP contribution in [0.5, 0.6) is 0 Å². The SMILES string of the molecule is OC(c1cccnc1-c1ccc(Cl)cc1)c1cccnc1-c1ccc(Cl)cc1. The number of benzene rings is 2. The third-order valence-electron chi connectivity index (χ3n) is 4.50. The van der Waals surface area contributed by atoms with E-state index in [1.807, 2.05) is 72.8 Å². The van der Waals surface area contributed by atoms with Crippen molar-refractivity contribution in [3.05, 3.63) is 106 Å². The van der Waals surface area contributed by atoms with Crippen molar-refractivity contribution in [2.75, 3.05) is 0 Å². The van der Waals surface area contributed by atoms with E-state index in [1.165, 1.54) is 0 Å². The lowest BCUT2D eigenvalue weighted by molar-refractivity contribution is 0.220. The third kappa shape index (κ3) is 3.78. The summed E-state index contributed by atoms with van der Waals surface area (Å²) in [5.41, 5.74) is 4.59. The van der Waals surface area contributed by atoms with Gasteiger partial charge in [-0.15, -0.1) is 0 Å². The van der Waals surface area contributed by atoms with E-state index in [9.17, 15) is 5.11 Å². The smallest absolute Gasteiger partial charge is 0.108 e. The number of aromatic nitrogens is 2. The van der Waals surface area contributed by atoms with Crippen LogP contribution in [0.2, 0.25) is 10.0 Å². The molecule has 0 saturated carbocycles. The highest BCUT2D eigenvalue weighted by molar-refractivity contribution is 6.30. The summed E-state index contributed by atoms with van der Waals surface area (Å²) >= 11 is 12.0. The van der Waals surface area contributed by atoms with Gasteiger partial charge in [-0.05, 0) is 36.4 Å². The van der Waals surface area contributed by atoms with Crippen LogP contribution in [-0.4, -0.2) is 15.1 Å². The summed E-state index contributed by atoms with van der Waals surface area (Å²) in [6.45, 7) is 0. The fraction of sp³-hybridized carbons (Fsp3) is 0.0435. The van der Waals surface area contributed by atoms with Crippen molar-refractivity contribution in [3.63, 3.8) is 0 Å². The molecule has 0 bridgehead atoms. The van der Waals surface area contributed by atoms with Crippen molar-refractivity contribution in [2.45, 2.75) is 6.10 Å². The molecule has 0 aliphatic carbocycles. The highest BCUT2D eigenvalue weighted by atomic mass is 35.5. The molecular formula is C23H16Cl2N2O. The van der Waals surface area contributed by atoms with Gasteiger partial charge in [-0.2, -0.15) is 0 Å². The molecule has 2 heterocycles. The highest BCUT2D eigenvalue weighted by Gasteiger charge is 2.20. The Balaban J connectivity index is 1.81. The van der Waals surface area contributed by atoms with Crippen LogP contribution < -0.4 is 0 Å². The second-order valence-electron chi connectivity index (χ2n) is 6.30. The van der Waals surface area contributed by atoms with Crippen LogP contribution in [0.25, 0.3) is 22.5 Å². The molecule has 0 atom stereocenters. The average molecular weight is 407 g/mol. The summed E-state index contributed by atoms with van der Waals surface area (Å²) in [6, 6.07) is 22.2. The first kappa shape index (κ1) is 18.6. The Morgan fingerprint density at radius 1 is 0.607 bits per heavy atom. The zero-order valence-corrected chi connectivity index (χ0v) is 16.3. The molecule has 4 aromatic rings. The van der Waals surface area contributed by atoms with E-state index in [2.05, 4.69) is 9.97 Å². The van der Waals surface area contributed by atoms with Gasteiger partial charge in [0, 0.05) is 44.7 Å². The van der Waals surface area contributed by atoms with Crippen LogP contribution in [-0.2, 0) is 0 Å². The third-order valence-corrected chi connectivity index (χ3v) is 5.01. The Morgan fingerprint density at radius 2 is 1.00 bits per heavy atom. The number of rotatable bonds is 4. The van der Waals surface area contributed by atoms with E-state index in [1.54, 1.807) is 12.4 Å². The number of nitrogens with zero attached hydrogens (tertiary/aromatic N) is 2. The Kier molecular flexibility index (Phi) is 5.40. The van der Waals surface area contributed by atoms with Crippen molar-refractivity contribution in [1.29, 1.82) is 0 Å². The number of hydrogen-bond acceptors (Lipinski definition) is 3. The highest BCUT2D eigenvalue weighted by Crippen LogP contribution is 2.35. The van der Waals surface area contributed by atoms with Crippen LogP contribution >= 0.6 is 23.2 Å². The van der Waals surface area contributed by atoms with Crippen molar-refractivity contribution in [2.24, 2.45) is 0 Å². The van der Waals surface area contributed by atoms with Gasteiger partial charge in [-0.3, -0.25) is 9.97 Å². The van der Waals surface area contributed by atoms with Crippen molar-refractivity contribution in [1.82, 2.24) is 9.97 Å². The van der Waals surface area contributed by atoms with Gasteiger partial charge in [0.05, 0.1) is 11.4 Å². The molecule has 2 aromatic carbocycles. The second-order valence-corrected chi connectivity index (χ2v) is 7.17. The molecule has 0 unspecified atom stereocenters. The number of aliphatic hydroxyl groups excluding tert-OH is 1. The van der Waals surface area contributed by atoms with E-state index in [4.69, 9.17) is 23.2 Å². The minimum Gasteiger partial charge on any atom is -0.383 e. The monoisotopic (exact) mass is 406 g/mol. The van der Waals surface area contributed by atoms with E-state index in [-0.39, 0.29) is 0 Å². The van der Waals surface area contributed by atoms with Crippen LogP contribution in [0.1, 0.15) is 17.2 Å². The first-order valence-electron chi connectivity index (χ1n) is 8.73. The van der Waals surface area contributed by atoms with Crippen LogP contribution in [0.3, 0.4) is 0 Å². The minimum atomic E-state index is -0.890. The van der Waals surface area contributed by atoms with Crippen molar-refractivity contribution in [3.8, 4) is 22.5 Å². The standard InChI is InChI=1S/C23H16Cl2N2O/c24-17-9-5-15(6-10-17)21-19(3-1-13-26-21)23(28)20-4-2-14-27-22(20)16-7-11-18(25)12-8-16/h1-14,23,28H. The van der Waals surface area contributed by atoms with Crippen molar-refractivity contribution >= 4 is 23.2 Å². The van der Waals surface area contributed by atoms with Gasteiger partial charge >= 0.3 is 0 Å².